The Morgan fingerprint density at radius 1 is 1.00 bits per heavy atom. The zero-order chi connectivity index (χ0) is 30.8. The van der Waals surface area contributed by atoms with Gasteiger partial charge in [-0.3, -0.25) is 4.79 Å². The summed E-state index contributed by atoms with van der Waals surface area (Å²) in [5.74, 6) is 0.626. The predicted molar refractivity (Wildman–Crippen MR) is 164 cm³/mol. The van der Waals surface area contributed by atoms with E-state index in [0.717, 1.165) is 16.5 Å². The lowest BCUT2D eigenvalue weighted by Crippen LogP contribution is -2.40. The first-order valence-corrected chi connectivity index (χ1v) is 14.2. The molecule has 2 heterocycles. The molecule has 9 nitrogen and oxygen atoms in total. The minimum atomic E-state index is -0.675. The maximum absolute atomic E-state index is 13.6. The number of methoxy groups -OCH3 is 2. The van der Waals surface area contributed by atoms with E-state index in [4.69, 9.17) is 25.8 Å². The van der Waals surface area contributed by atoms with Crippen LogP contribution in [0.15, 0.2) is 91.1 Å². The number of ether oxygens (including phenoxy) is 3. The number of amides is 2. The molecule has 44 heavy (non-hydrogen) atoms. The number of nitrogens with one attached hydrogen (secondary N) is 1. The molecule has 1 N–H and O–H groups in total. The quantitative estimate of drug-likeness (QED) is 0.211. The van der Waals surface area contributed by atoms with Crippen LogP contribution in [0.2, 0.25) is 5.02 Å². The van der Waals surface area contributed by atoms with Gasteiger partial charge in [-0.15, -0.1) is 0 Å². The van der Waals surface area contributed by atoms with Crippen molar-refractivity contribution in [3.63, 3.8) is 0 Å². The zero-order valence-electron chi connectivity index (χ0n) is 23.9. The summed E-state index contributed by atoms with van der Waals surface area (Å²) in [6.07, 6.45) is 1.06. The minimum Gasteiger partial charge on any atom is -0.497 e. The molecule has 1 aliphatic rings. The molecule has 2 atom stereocenters. The van der Waals surface area contributed by atoms with Crippen LogP contribution in [0.25, 0.3) is 16.6 Å². The Morgan fingerprint density at radius 3 is 2.55 bits per heavy atom. The first-order chi connectivity index (χ1) is 21.3. The van der Waals surface area contributed by atoms with Gasteiger partial charge >= 0.3 is 6.09 Å². The third kappa shape index (κ3) is 5.76. The first kappa shape index (κ1) is 29.0. The van der Waals surface area contributed by atoms with E-state index in [2.05, 4.69) is 10.4 Å². The van der Waals surface area contributed by atoms with Gasteiger partial charge in [0.25, 0.3) is 0 Å². The molecule has 0 radical (unpaired) electrons. The van der Waals surface area contributed by atoms with Crippen molar-refractivity contribution in [3.05, 3.63) is 113 Å². The summed E-state index contributed by atoms with van der Waals surface area (Å²) < 4.78 is 31.4. The number of benzene rings is 4. The van der Waals surface area contributed by atoms with Gasteiger partial charge in [-0.1, -0.05) is 23.7 Å². The molecule has 1 aliphatic heterocycles. The third-order valence-corrected chi connectivity index (χ3v) is 7.81. The number of alkyl carbamates (subject to hydrolysis) is 1. The van der Waals surface area contributed by atoms with Crippen molar-refractivity contribution in [2.24, 2.45) is 0 Å². The Kier molecular flexibility index (Phi) is 8.08. The molecule has 4 aromatic carbocycles. The smallest absolute Gasteiger partial charge is 0.407 e. The van der Waals surface area contributed by atoms with Gasteiger partial charge < -0.3 is 24.4 Å². The molecule has 6 rings (SSSR count). The summed E-state index contributed by atoms with van der Waals surface area (Å²) in [5, 5.41) is 8.66. The van der Waals surface area contributed by atoms with Crippen molar-refractivity contribution in [3.8, 4) is 17.2 Å². The number of carbonyl (C=O) groups excluding carboxylic acids is 2. The number of aromatic nitrogens is 2. The highest BCUT2D eigenvalue weighted by Crippen LogP contribution is 2.39. The van der Waals surface area contributed by atoms with Gasteiger partial charge in [-0.05, 0) is 72.3 Å². The Hall–Kier alpha value is -5.09. The standard InChI is InChI=1S/C33H28ClFN4O5/c1-42-27-12-6-21(30(16-27)43-2)19-44-33(41)37-28-17-31(40)38(32(28)20-4-3-5-23(34)14-20)26-11-13-29-22(15-26)18-36-39(29)25-9-7-24(35)8-10-25/h3-16,18,28,32H,17,19H2,1-2H3,(H,37,41). The number of fused-ring (bicyclic) bond motifs is 1. The van der Waals surface area contributed by atoms with Crippen molar-refractivity contribution in [1.82, 2.24) is 15.1 Å². The lowest BCUT2D eigenvalue weighted by atomic mass is 9.99. The lowest BCUT2D eigenvalue weighted by molar-refractivity contribution is -0.117. The van der Waals surface area contributed by atoms with E-state index < -0.39 is 18.2 Å². The highest BCUT2D eigenvalue weighted by Gasteiger charge is 2.43. The van der Waals surface area contributed by atoms with E-state index in [1.54, 1.807) is 71.4 Å². The monoisotopic (exact) mass is 614 g/mol. The van der Waals surface area contributed by atoms with Crippen LogP contribution < -0.4 is 19.7 Å². The summed E-state index contributed by atoms with van der Waals surface area (Å²) in [6.45, 7) is -0.0417. The van der Waals surface area contributed by atoms with Crippen LogP contribution in [0.4, 0.5) is 14.9 Å². The van der Waals surface area contributed by atoms with Crippen molar-refractivity contribution in [2.75, 3.05) is 19.1 Å². The molecule has 0 bridgehead atoms. The molecule has 11 heteroatoms. The second-order valence-electron chi connectivity index (χ2n) is 10.2. The summed E-state index contributed by atoms with van der Waals surface area (Å²) >= 11 is 6.35. The maximum Gasteiger partial charge on any atom is 0.407 e. The fourth-order valence-electron chi connectivity index (χ4n) is 5.51. The van der Waals surface area contributed by atoms with Gasteiger partial charge in [0.1, 0.15) is 23.9 Å². The van der Waals surface area contributed by atoms with E-state index in [1.165, 1.54) is 19.2 Å². The molecule has 1 saturated heterocycles. The second-order valence-corrected chi connectivity index (χ2v) is 10.7. The average Bonchev–Trinajstić information content (AvgIpc) is 3.60. The summed E-state index contributed by atoms with van der Waals surface area (Å²) in [5.41, 5.74) is 3.55. The van der Waals surface area contributed by atoms with Gasteiger partial charge in [0.2, 0.25) is 5.91 Å². The average molecular weight is 615 g/mol. The molecule has 1 aromatic heterocycles. The molecular weight excluding hydrogens is 587 g/mol. The van der Waals surface area contributed by atoms with Crippen LogP contribution in [0.5, 0.6) is 11.5 Å². The van der Waals surface area contributed by atoms with Crippen LogP contribution in [0.3, 0.4) is 0 Å². The Labute approximate surface area is 257 Å². The van der Waals surface area contributed by atoms with Crippen LogP contribution in [0.1, 0.15) is 23.6 Å². The highest BCUT2D eigenvalue weighted by atomic mass is 35.5. The molecule has 224 valence electrons. The number of hydrogen-bond donors (Lipinski definition) is 1. The van der Waals surface area contributed by atoms with E-state index >= 15 is 0 Å². The van der Waals surface area contributed by atoms with Crippen LogP contribution in [-0.2, 0) is 16.1 Å². The van der Waals surface area contributed by atoms with Gasteiger partial charge in [-0.25, -0.2) is 13.9 Å². The van der Waals surface area contributed by atoms with Crippen molar-refractivity contribution in [1.29, 1.82) is 0 Å². The predicted octanol–water partition coefficient (Wildman–Crippen LogP) is 6.61. The Bertz CT molecular complexity index is 1840. The van der Waals surface area contributed by atoms with Gasteiger partial charge in [-0.2, -0.15) is 5.10 Å². The molecule has 0 aliphatic carbocycles. The van der Waals surface area contributed by atoms with E-state index in [0.29, 0.717) is 33.5 Å². The molecule has 0 saturated carbocycles. The van der Waals surface area contributed by atoms with Crippen LogP contribution in [-0.4, -0.2) is 42.0 Å². The van der Waals surface area contributed by atoms with Gasteiger partial charge in [0, 0.05) is 34.1 Å². The molecule has 5 aromatic rings. The number of anilines is 1. The molecule has 2 unspecified atom stereocenters. The molecule has 1 fully saturated rings. The largest absolute Gasteiger partial charge is 0.497 e. The summed E-state index contributed by atoms with van der Waals surface area (Å²) in [4.78, 5) is 28.3. The number of carbonyl (C=O) groups is 2. The number of halogens is 2. The topological polar surface area (TPSA) is 94.9 Å². The maximum atomic E-state index is 13.6. The van der Waals surface area contributed by atoms with E-state index in [9.17, 15) is 14.0 Å². The fourth-order valence-corrected chi connectivity index (χ4v) is 5.70. The highest BCUT2D eigenvalue weighted by molar-refractivity contribution is 6.30. The van der Waals surface area contributed by atoms with E-state index in [1.807, 2.05) is 24.3 Å². The summed E-state index contributed by atoms with van der Waals surface area (Å²) in [7, 11) is 3.08. The molecular formula is C33H28ClFN4O5. The second kappa shape index (κ2) is 12.3. The number of rotatable bonds is 8. The first-order valence-electron chi connectivity index (χ1n) is 13.8. The third-order valence-electron chi connectivity index (χ3n) is 7.57. The van der Waals surface area contributed by atoms with Gasteiger partial charge in [0.05, 0.1) is 43.7 Å². The zero-order valence-corrected chi connectivity index (χ0v) is 24.6. The molecule has 2 amide bonds. The Morgan fingerprint density at radius 2 is 1.80 bits per heavy atom. The Balaban J connectivity index is 1.27. The van der Waals surface area contributed by atoms with Crippen molar-refractivity contribution < 1.29 is 28.2 Å². The van der Waals surface area contributed by atoms with Gasteiger partial charge in [0.15, 0.2) is 0 Å². The SMILES string of the molecule is COc1ccc(COC(=O)NC2CC(=O)N(c3ccc4c(cnn4-c4ccc(F)cc4)c3)C2c2cccc(Cl)c2)c(OC)c1. The van der Waals surface area contributed by atoms with Crippen LogP contribution in [0, 0.1) is 5.82 Å². The number of hydrogen-bond acceptors (Lipinski definition) is 6. The van der Waals surface area contributed by atoms with Crippen molar-refractivity contribution in [2.45, 2.75) is 25.1 Å². The molecule has 0 spiro atoms. The lowest BCUT2D eigenvalue weighted by Gasteiger charge is -2.29. The fraction of sp³-hybridized carbons (Fsp3) is 0.182. The number of nitrogens with zero attached hydrogens (tertiary/aromatic N) is 3. The van der Waals surface area contributed by atoms with Crippen LogP contribution >= 0.6 is 11.6 Å². The summed E-state index contributed by atoms with van der Waals surface area (Å²) in [6, 6.07) is 22.9. The van der Waals surface area contributed by atoms with E-state index in [-0.39, 0.29) is 24.8 Å². The minimum absolute atomic E-state index is 0.0417. The van der Waals surface area contributed by atoms with Crippen molar-refractivity contribution >= 4 is 40.2 Å². The normalized spacial score (nSPS) is 16.3.